The summed E-state index contributed by atoms with van der Waals surface area (Å²) < 4.78 is 5.30. The maximum atomic E-state index is 13.6. The van der Waals surface area contributed by atoms with Crippen LogP contribution in [0.5, 0.6) is 0 Å². The second kappa shape index (κ2) is 8.33. The number of anilines is 1. The highest BCUT2D eigenvalue weighted by Gasteiger charge is 2.54. The van der Waals surface area contributed by atoms with Crippen LogP contribution in [0.1, 0.15) is 53.9 Å². The Hall–Kier alpha value is -2.73. The Bertz CT molecular complexity index is 878. The van der Waals surface area contributed by atoms with E-state index in [0.29, 0.717) is 24.4 Å². The predicted octanol–water partition coefficient (Wildman–Crippen LogP) is 3.61. The maximum absolute atomic E-state index is 13.6. The van der Waals surface area contributed by atoms with Gasteiger partial charge in [-0.2, -0.15) is 0 Å². The lowest BCUT2D eigenvalue weighted by atomic mass is 9.65. The van der Waals surface area contributed by atoms with Crippen LogP contribution < -0.4 is 5.32 Å². The fourth-order valence-corrected chi connectivity index (χ4v) is 5.00. The Morgan fingerprint density at radius 3 is 2.62 bits per heavy atom. The number of aromatic nitrogens is 1. The Kier molecular flexibility index (Phi) is 5.62. The normalized spacial score (nSPS) is 20.4. The summed E-state index contributed by atoms with van der Waals surface area (Å²) in [5, 5.41) is 3.07. The van der Waals surface area contributed by atoms with Gasteiger partial charge in [-0.1, -0.05) is 37.5 Å². The zero-order valence-corrected chi connectivity index (χ0v) is 16.8. The molecule has 6 nitrogen and oxygen atoms in total. The molecule has 4 rings (SSSR count). The van der Waals surface area contributed by atoms with E-state index in [0.717, 1.165) is 37.7 Å². The van der Waals surface area contributed by atoms with E-state index in [1.54, 1.807) is 31.6 Å². The van der Waals surface area contributed by atoms with Crippen molar-refractivity contribution in [3.05, 3.63) is 59.9 Å². The summed E-state index contributed by atoms with van der Waals surface area (Å²) in [6.07, 6.45) is 8.13. The van der Waals surface area contributed by atoms with E-state index in [4.69, 9.17) is 4.74 Å². The number of nitrogens with zero attached hydrogens (tertiary/aromatic N) is 2. The molecular formula is C23H27N3O3. The molecule has 1 spiro atoms. The summed E-state index contributed by atoms with van der Waals surface area (Å²) in [5.74, 6) is -0.477. The van der Waals surface area contributed by atoms with Crippen molar-refractivity contribution in [3.8, 4) is 0 Å². The van der Waals surface area contributed by atoms with Gasteiger partial charge in [0.1, 0.15) is 0 Å². The van der Waals surface area contributed by atoms with Crippen LogP contribution in [0.15, 0.2) is 48.8 Å². The Morgan fingerprint density at radius 1 is 1.17 bits per heavy atom. The van der Waals surface area contributed by atoms with Gasteiger partial charge in [-0.3, -0.25) is 14.6 Å². The monoisotopic (exact) mass is 393 g/mol. The van der Waals surface area contributed by atoms with E-state index in [1.165, 1.54) is 0 Å². The van der Waals surface area contributed by atoms with Gasteiger partial charge in [0, 0.05) is 37.3 Å². The van der Waals surface area contributed by atoms with Crippen LogP contribution in [0.2, 0.25) is 0 Å². The molecular weight excluding hydrogens is 366 g/mol. The number of ether oxygens (including phenoxy) is 1. The topological polar surface area (TPSA) is 71.5 Å². The number of pyridine rings is 1. The highest BCUT2D eigenvalue weighted by Crippen LogP contribution is 2.49. The molecule has 1 atom stereocenters. The highest BCUT2D eigenvalue weighted by molar-refractivity contribution is 6.05. The molecule has 0 saturated heterocycles. The van der Waals surface area contributed by atoms with Gasteiger partial charge in [0.2, 0.25) is 5.91 Å². The lowest BCUT2D eigenvalue weighted by Crippen LogP contribution is -2.62. The van der Waals surface area contributed by atoms with Gasteiger partial charge < -0.3 is 15.0 Å². The molecule has 0 bridgehead atoms. The van der Waals surface area contributed by atoms with Crippen LogP contribution in [0, 0.1) is 0 Å². The van der Waals surface area contributed by atoms with Crippen LogP contribution in [0.25, 0.3) is 0 Å². The number of nitrogens with one attached hydrogen (secondary N) is 1. The number of carbonyl (C=O) groups is 2. The number of rotatable bonds is 5. The SMILES string of the molecule is COCCN1C(=O)c2ccccc2[C@@H](C(=O)Nc2ccncc2)C12CCCCC2. The third kappa shape index (κ3) is 3.53. The number of carbonyl (C=O) groups excluding carboxylic acids is 2. The average molecular weight is 393 g/mol. The summed E-state index contributed by atoms with van der Waals surface area (Å²) >= 11 is 0. The van der Waals surface area contributed by atoms with Crippen molar-refractivity contribution in [1.82, 2.24) is 9.88 Å². The summed E-state index contributed by atoms with van der Waals surface area (Å²) in [6.45, 7) is 0.942. The number of hydrogen-bond donors (Lipinski definition) is 1. The van der Waals surface area contributed by atoms with E-state index in [9.17, 15) is 9.59 Å². The van der Waals surface area contributed by atoms with Crippen LogP contribution in [0.4, 0.5) is 5.69 Å². The second-order valence-electron chi connectivity index (χ2n) is 7.86. The molecule has 1 N–H and O–H groups in total. The van der Waals surface area contributed by atoms with Crippen molar-refractivity contribution in [3.63, 3.8) is 0 Å². The van der Waals surface area contributed by atoms with Gasteiger partial charge in [0.05, 0.1) is 18.1 Å². The van der Waals surface area contributed by atoms with E-state index in [-0.39, 0.29) is 11.8 Å². The molecule has 6 heteroatoms. The molecule has 152 valence electrons. The summed E-state index contributed by atoms with van der Waals surface area (Å²) in [5.41, 5.74) is 1.65. The van der Waals surface area contributed by atoms with E-state index >= 15 is 0 Å². The number of hydrogen-bond acceptors (Lipinski definition) is 4. The minimum absolute atomic E-state index is 0.00695. The zero-order valence-electron chi connectivity index (χ0n) is 16.8. The summed E-state index contributed by atoms with van der Waals surface area (Å²) in [6, 6.07) is 11.1. The van der Waals surface area contributed by atoms with Crippen LogP contribution in [-0.4, -0.2) is 47.5 Å². The van der Waals surface area contributed by atoms with Gasteiger partial charge >= 0.3 is 0 Å². The van der Waals surface area contributed by atoms with Crippen molar-refractivity contribution < 1.29 is 14.3 Å². The Labute approximate surface area is 171 Å². The highest BCUT2D eigenvalue weighted by atomic mass is 16.5. The smallest absolute Gasteiger partial charge is 0.254 e. The second-order valence-corrected chi connectivity index (χ2v) is 7.86. The lowest BCUT2D eigenvalue weighted by molar-refractivity contribution is -0.122. The van der Waals surface area contributed by atoms with E-state index in [1.807, 2.05) is 29.2 Å². The standard InChI is InChI=1S/C23H27N3O3/c1-29-16-15-26-22(28)19-8-4-3-7-18(19)20(23(26)11-5-2-6-12-23)21(27)25-17-9-13-24-14-10-17/h3-4,7-10,13-14,20H,2,5-6,11-12,15-16H2,1H3,(H,24,25,27)/t20-/m0/s1. The first-order valence-corrected chi connectivity index (χ1v) is 10.3. The molecule has 2 amide bonds. The zero-order chi connectivity index (χ0) is 20.3. The molecule has 1 aromatic heterocycles. The largest absolute Gasteiger partial charge is 0.383 e. The third-order valence-corrected chi connectivity index (χ3v) is 6.27. The van der Waals surface area contributed by atoms with Crippen molar-refractivity contribution in [2.75, 3.05) is 25.6 Å². The first kappa shape index (κ1) is 19.6. The van der Waals surface area contributed by atoms with Gasteiger partial charge in [-0.15, -0.1) is 0 Å². The van der Waals surface area contributed by atoms with Crippen molar-refractivity contribution in [1.29, 1.82) is 0 Å². The Morgan fingerprint density at radius 2 is 1.90 bits per heavy atom. The molecule has 2 aliphatic rings. The predicted molar refractivity (Wildman–Crippen MR) is 111 cm³/mol. The first-order chi connectivity index (χ1) is 14.2. The van der Waals surface area contributed by atoms with E-state index < -0.39 is 11.5 Å². The van der Waals surface area contributed by atoms with Crippen molar-refractivity contribution >= 4 is 17.5 Å². The van der Waals surface area contributed by atoms with Crippen LogP contribution >= 0.6 is 0 Å². The lowest BCUT2D eigenvalue weighted by Gasteiger charge is -2.53. The van der Waals surface area contributed by atoms with Crippen LogP contribution in [0.3, 0.4) is 0 Å². The molecule has 1 fully saturated rings. The van der Waals surface area contributed by atoms with Gasteiger partial charge in [-0.05, 0) is 36.6 Å². The first-order valence-electron chi connectivity index (χ1n) is 10.3. The maximum Gasteiger partial charge on any atom is 0.254 e. The molecule has 1 aliphatic carbocycles. The molecule has 2 heterocycles. The summed E-state index contributed by atoms with van der Waals surface area (Å²) in [4.78, 5) is 33.0. The minimum atomic E-state index is -0.515. The number of methoxy groups -OCH3 is 1. The molecule has 1 aliphatic heterocycles. The van der Waals surface area contributed by atoms with Gasteiger partial charge in [0.25, 0.3) is 5.91 Å². The molecule has 29 heavy (non-hydrogen) atoms. The minimum Gasteiger partial charge on any atom is -0.383 e. The molecule has 0 radical (unpaired) electrons. The van der Waals surface area contributed by atoms with Crippen molar-refractivity contribution in [2.45, 2.75) is 43.6 Å². The fourth-order valence-electron chi connectivity index (χ4n) is 5.00. The number of amides is 2. The Balaban J connectivity index is 1.80. The summed E-state index contributed by atoms with van der Waals surface area (Å²) in [7, 11) is 1.64. The fraction of sp³-hybridized carbons (Fsp3) is 0.435. The quantitative estimate of drug-likeness (QED) is 0.842. The molecule has 2 aromatic rings. The van der Waals surface area contributed by atoms with Gasteiger partial charge in [0.15, 0.2) is 0 Å². The molecule has 0 unspecified atom stereocenters. The van der Waals surface area contributed by atoms with E-state index in [2.05, 4.69) is 10.3 Å². The number of fused-ring (bicyclic) bond motifs is 1. The molecule has 1 saturated carbocycles. The van der Waals surface area contributed by atoms with Crippen LogP contribution in [-0.2, 0) is 9.53 Å². The number of benzene rings is 1. The molecule has 1 aromatic carbocycles. The third-order valence-electron chi connectivity index (χ3n) is 6.27. The van der Waals surface area contributed by atoms with Crippen molar-refractivity contribution in [2.24, 2.45) is 0 Å². The van der Waals surface area contributed by atoms with Gasteiger partial charge in [-0.25, -0.2) is 0 Å². The average Bonchev–Trinajstić information content (AvgIpc) is 2.75.